The molecule has 0 N–H and O–H groups in total. The summed E-state index contributed by atoms with van der Waals surface area (Å²) in [4.78, 5) is 2.61. The molecule has 0 unspecified atom stereocenters. The lowest BCUT2D eigenvalue weighted by atomic mass is 9.80. The van der Waals surface area contributed by atoms with Crippen LogP contribution in [0.15, 0.2) is 42.5 Å². The van der Waals surface area contributed by atoms with Crippen LogP contribution in [0.5, 0.6) is 5.75 Å². The maximum absolute atomic E-state index is 13.5. The standard InChI is InChI=1S/C27H36FNO/c1-2-3-6-16-29-17-15-27(22-9-12-25(28)13-10-22)24(19-29)20-30-26-14-11-21-7-4-5-8-23(21)18-26/h9-14,18,24,27H,2-8,15-17,19-20H2,1H3/t24-,27-/m1/s1. The molecule has 162 valence electrons. The zero-order chi connectivity index (χ0) is 20.8. The average Bonchev–Trinajstić information content (AvgIpc) is 2.78. The Bertz CT molecular complexity index is 803. The summed E-state index contributed by atoms with van der Waals surface area (Å²) in [7, 11) is 0. The van der Waals surface area contributed by atoms with Crippen LogP contribution in [0.1, 0.15) is 68.1 Å². The van der Waals surface area contributed by atoms with E-state index < -0.39 is 0 Å². The largest absolute Gasteiger partial charge is 0.493 e. The molecule has 3 heteroatoms. The van der Waals surface area contributed by atoms with Crippen LogP contribution in [0.25, 0.3) is 0 Å². The fourth-order valence-corrected chi connectivity index (χ4v) is 5.22. The molecule has 0 radical (unpaired) electrons. The normalized spacial score (nSPS) is 21.9. The van der Waals surface area contributed by atoms with E-state index in [2.05, 4.69) is 30.0 Å². The summed E-state index contributed by atoms with van der Waals surface area (Å²) in [6, 6.07) is 13.8. The second-order valence-electron chi connectivity index (χ2n) is 9.16. The minimum atomic E-state index is -0.155. The molecule has 1 aliphatic heterocycles. The highest BCUT2D eigenvalue weighted by Crippen LogP contribution is 2.34. The van der Waals surface area contributed by atoms with E-state index in [1.807, 2.05) is 12.1 Å². The number of aryl methyl sites for hydroxylation is 2. The molecule has 0 bridgehead atoms. The minimum absolute atomic E-state index is 0.155. The van der Waals surface area contributed by atoms with Crippen LogP contribution >= 0.6 is 0 Å². The van der Waals surface area contributed by atoms with Crippen LogP contribution in [0.3, 0.4) is 0 Å². The Balaban J connectivity index is 1.44. The molecule has 30 heavy (non-hydrogen) atoms. The summed E-state index contributed by atoms with van der Waals surface area (Å²) >= 11 is 0. The second kappa shape index (κ2) is 10.4. The molecule has 2 atom stereocenters. The molecule has 0 amide bonds. The van der Waals surface area contributed by atoms with Gasteiger partial charge in [0.15, 0.2) is 0 Å². The maximum Gasteiger partial charge on any atom is 0.123 e. The molecule has 1 fully saturated rings. The number of nitrogens with zero attached hydrogens (tertiary/aromatic N) is 1. The molecule has 2 aromatic carbocycles. The maximum atomic E-state index is 13.5. The Kier molecular flexibility index (Phi) is 7.43. The molecular weight excluding hydrogens is 373 g/mol. The SMILES string of the molecule is CCCCCN1CC[C@H](c2ccc(F)cc2)[C@@H](COc2ccc3c(c2)CCCC3)C1. The first-order chi connectivity index (χ1) is 14.7. The first kappa shape index (κ1) is 21.4. The molecule has 0 saturated carbocycles. The lowest BCUT2D eigenvalue weighted by molar-refractivity contribution is 0.109. The Labute approximate surface area is 181 Å². The second-order valence-corrected chi connectivity index (χ2v) is 9.16. The molecule has 2 aliphatic rings. The number of piperidine rings is 1. The predicted molar refractivity (Wildman–Crippen MR) is 122 cm³/mol. The number of likely N-dealkylation sites (tertiary alicyclic amines) is 1. The topological polar surface area (TPSA) is 12.5 Å². The van der Waals surface area contributed by atoms with Crippen molar-refractivity contribution in [1.82, 2.24) is 4.90 Å². The number of rotatable bonds is 8. The van der Waals surface area contributed by atoms with Crippen molar-refractivity contribution in [3.05, 3.63) is 65.0 Å². The van der Waals surface area contributed by atoms with Crippen LogP contribution < -0.4 is 4.74 Å². The van der Waals surface area contributed by atoms with Crippen LogP contribution in [-0.4, -0.2) is 31.1 Å². The van der Waals surface area contributed by atoms with Crippen LogP contribution in [0.2, 0.25) is 0 Å². The van der Waals surface area contributed by atoms with Gasteiger partial charge in [-0.2, -0.15) is 0 Å². The molecule has 1 aliphatic carbocycles. The van der Waals surface area contributed by atoms with Gasteiger partial charge in [0.1, 0.15) is 11.6 Å². The number of halogens is 1. The third kappa shape index (κ3) is 5.43. The lowest BCUT2D eigenvalue weighted by Gasteiger charge is -2.39. The van der Waals surface area contributed by atoms with E-state index in [9.17, 15) is 4.39 Å². The highest BCUT2D eigenvalue weighted by molar-refractivity contribution is 5.37. The van der Waals surface area contributed by atoms with E-state index >= 15 is 0 Å². The summed E-state index contributed by atoms with van der Waals surface area (Å²) in [6.07, 6.45) is 9.94. The molecule has 2 nitrogen and oxygen atoms in total. The molecule has 2 aromatic rings. The van der Waals surface area contributed by atoms with E-state index in [-0.39, 0.29) is 5.82 Å². The van der Waals surface area contributed by atoms with Crippen LogP contribution in [0.4, 0.5) is 4.39 Å². The van der Waals surface area contributed by atoms with Crippen molar-refractivity contribution in [2.45, 2.75) is 64.2 Å². The molecule has 0 aromatic heterocycles. The van der Waals surface area contributed by atoms with Gasteiger partial charge in [-0.1, -0.05) is 38.0 Å². The van der Waals surface area contributed by atoms with Crippen molar-refractivity contribution < 1.29 is 9.13 Å². The first-order valence-corrected chi connectivity index (χ1v) is 12.0. The Morgan fingerprint density at radius 1 is 1.00 bits per heavy atom. The van der Waals surface area contributed by atoms with E-state index in [1.165, 1.54) is 68.2 Å². The number of hydrogen-bond acceptors (Lipinski definition) is 2. The summed E-state index contributed by atoms with van der Waals surface area (Å²) < 4.78 is 19.8. The van der Waals surface area contributed by atoms with Gasteiger partial charge < -0.3 is 9.64 Å². The molecule has 1 heterocycles. The Hall–Kier alpha value is -1.87. The molecule has 4 rings (SSSR count). The molecule has 1 saturated heterocycles. The summed E-state index contributed by atoms with van der Waals surface area (Å²) in [6.45, 7) is 6.36. The van der Waals surface area contributed by atoms with Gasteiger partial charge in [0.25, 0.3) is 0 Å². The quantitative estimate of drug-likeness (QED) is 0.469. The lowest BCUT2D eigenvalue weighted by Crippen LogP contribution is -2.42. The smallest absolute Gasteiger partial charge is 0.123 e. The zero-order valence-corrected chi connectivity index (χ0v) is 18.4. The van der Waals surface area contributed by atoms with Crippen molar-refractivity contribution >= 4 is 0 Å². The summed E-state index contributed by atoms with van der Waals surface area (Å²) in [5.74, 6) is 1.72. The van der Waals surface area contributed by atoms with Crippen molar-refractivity contribution in [3.8, 4) is 5.75 Å². The van der Waals surface area contributed by atoms with Crippen LogP contribution in [0, 0.1) is 11.7 Å². The average molecular weight is 410 g/mol. The third-order valence-corrected chi connectivity index (χ3v) is 6.98. The van der Waals surface area contributed by atoms with Gasteiger partial charge in [-0.25, -0.2) is 4.39 Å². The van der Waals surface area contributed by atoms with Gasteiger partial charge >= 0.3 is 0 Å². The third-order valence-electron chi connectivity index (χ3n) is 6.98. The van der Waals surface area contributed by atoms with Gasteiger partial charge in [0.2, 0.25) is 0 Å². The van der Waals surface area contributed by atoms with Gasteiger partial charge in [-0.05, 0) is 98.5 Å². The summed E-state index contributed by atoms with van der Waals surface area (Å²) in [5, 5.41) is 0. The highest BCUT2D eigenvalue weighted by atomic mass is 19.1. The molecular formula is C27H36FNO. The predicted octanol–water partition coefficient (Wildman–Crippen LogP) is 6.38. The number of unbranched alkanes of at least 4 members (excludes halogenated alkanes) is 2. The highest BCUT2D eigenvalue weighted by Gasteiger charge is 2.31. The van der Waals surface area contributed by atoms with E-state index in [0.29, 0.717) is 11.8 Å². The van der Waals surface area contributed by atoms with Gasteiger partial charge in [0, 0.05) is 12.5 Å². The number of hydrogen-bond donors (Lipinski definition) is 0. The number of fused-ring (bicyclic) bond motifs is 1. The monoisotopic (exact) mass is 409 g/mol. The van der Waals surface area contributed by atoms with E-state index in [0.717, 1.165) is 31.9 Å². The zero-order valence-electron chi connectivity index (χ0n) is 18.4. The Morgan fingerprint density at radius 3 is 2.60 bits per heavy atom. The Morgan fingerprint density at radius 2 is 1.80 bits per heavy atom. The van der Waals surface area contributed by atoms with Crippen LogP contribution in [-0.2, 0) is 12.8 Å². The van der Waals surface area contributed by atoms with Crippen molar-refractivity contribution in [1.29, 1.82) is 0 Å². The van der Waals surface area contributed by atoms with Crippen molar-refractivity contribution in [2.75, 3.05) is 26.2 Å². The van der Waals surface area contributed by atoms with Gasteiger partial charge in [-0.15, -0.1) is 0 Å². The van der Waals surface area contributed by atoms with E-state index in [4.69, 9.17) is 4.74 Å². The summed E-state index contributed by atoms with van der Waals surface area (Å²) in [5.41, 5.74) is 4.22. The molecule has 0 spiro atoms. The van der Waals surface area contributed by atoms with Crippen molar-refractivity contribution in [3.63, 3.8) is 0 Å². The number of benzene rings is 2. The fraction of sp³-hybridized carbons (Fsp3) is 0.556. The van der Waals surface area contributed by atoms with Gasteiger partial charge in [-0.3, -0.25) is 0 Å². The van der Waals surface area contributed by atoms with E-state index in [1.54, 1.807) is 12.1 Å². The number of ether oxygens (including phenoxy) is 1. The minimum Gasteiger partial charge on any atom is -0.493 e. The fourth-order valence-electron chi connectivity index (χ4n) is 5.22. The van der Waals surface area contributed by atoms with Crippen molar-refractivity contribution in [2.24, 2.45) is 5.92 Å². The first-order valence-electron chi connectivity index (χ1n) is 12.0. The van der Waals surface area contributed by atoms with Gasteiger partial charge in [0.05, 0.1) is 6.61 Å².